The molecule has 1 heterocycles. The Balaban J connectivity index is 1.50. The average Bonchev–Trinajstić information content (AvgIpc) is 3.06. The molecule has 3 aromatic carbocycles. The highest BCUT2D eigenvalue weighted by atomic mass is 35.5. The third-order valence-electron chi connectivity index (χ3n) is 4.48. The van der Waals surface area contributed by atoms with Crippen LogP contribution in [0.2, 0.25) is 5.02 Å². The number of rotatable bonds is 5. The third kappa shape index (κ3) is 3.81. The van der Waals surface area contributed by atoms with E-state index in [0.717, 1.165) is 27.9 Å². The van der Waals surface area contributed by atoms with E-state index in [1.165, 1.54) is 18.2 Å². The Kier molecular flexibility index (Phi) is 5.22. The lowest BCUT2D eigenvalue weighted by atomic mass is 10.0. The summed E-state index contributed by atoms with van der Waals surface area (Å²) < 4.78 is 24.3. The number of carbonyl (C=O) groups excluding carboxylic acids is 2. The normalized spacial score (nSPS) is 11.0. The van der Waals surface area contributed by atoms with Crippen LogP contribution < -0.4 is 4.74 Å². The van der Waals surface area contributed by atoms with E-state index in [4.69, 9.17) is 21.1 Å². The summed E-state index contributed by atoms with van der Waals surface area (Å²) in [5.74, 6) is -0.736. The highest BCUT2D eigenvalue weighted by Gasteiger charge is 2.20. The van der Waals surface area contributed by atoms with Gasteiger partial charge in [-0.25, -0.2) is 9.18 Å². The SMILES string of the molecule is COc1ccc2cc(C(=O)COC(=O)c3sc4cc(F)ccc4c3Cl)ccc2c1. The predicted octanol–water partition coefficient (Wildman–Crippen LogP) is 5.90. The van der Waals surface area contributed by atoms with Crippen LogP contribution in [-0.2, 0) is 4.74 Å². The molecule has 4 aromatic rings. The summed E-state index contributed by atoms with van der Waals surface area (Å²) in [5, 5.41) is 2.57. The summed E-state index contributed by atoms with van der Waals surface area (Å²) in [6, 6.07) is 14.8. The van der Waals surface area contributed by atoms with E-state index in [9.17, 15) is 14.0 Å². The summed E-state index contributed by atoms with van der Waals surface area (Å²) in [6.45, 7) is -0.417. The van der Waals surface area contributed by atoms with Gasteiger partial charge in [-0.1, -0.05) is 29.8 Å². The highest BCUT2D eigenvalue weighted by Crippen LogP contribution is 2.36. The quantitative estimate of drug-likeness (QED) is 0.293. The molecule has 146 valence electrons. The second-order valence-electron chi connectivity index (χ2n) is 6.31. The number of benzene rings is 3. The molecule has 0 atom stereocenters. The molecule has 0 radical (unpaired) electrons. The molecular weight excluding hydrogens is 415 g/mol. The minimum Gasteiger partial charge on any atom is -0.497 e. The lowest BCUT2D eigenvalue weighted by molar-refractivity contribution is 0.0480. The first-order chi connectivity index (χ1) is 14.0. The maximum atomic E-state index is 13.4. The van der Waals surface area contributed by atoms with Gasteiger partial charge in [0.2, 0.25) is 0 Å². The fourth-order valence-corrected chi connectivity index (χ4v) is 4.40. The highest BCUT2D eigenvalue weighted by molar-refractivity contribution is 7.21. The van der Waals surface area contributed by atoms with Crippen LogP contribution in [0.5, 0.6) is 5.75 Å². The van der Waals surface area contributed by atoms with Crippen molar-refractivity contribution in [1.82, 2.24) is 0 Å². The van der Waals surface area contributed by atoms with Gasteiger partial charge in [0.25, 0.3) is 0 Å². The summed E-state index contributed by atoms with van der Waals surface area (Å²) in [4.78, 5) is 25.0. The summed E-state index contributed by atoms with van der Waals surface area (Å²) in [6.07, 6.45) is 0. The average molecular weight is 429 g/mol. The first-order valence-electron chi connectivity index (χ1n) is 8.62. The first-order valence-corrected chi connectivity index (χ1v) is 9.81. The molecule has 0 aliphatic heterocycles. The summed E-state index contributed by atoms with van der Waals surface area (Å²) in [7, 11) is 1.59. The standard InChI is InChI=1S/C22H14ClFO4S/c1-27-16-6-4-12-8-14(3-2-13(12)9-16)18(25)11-28-22(26)21-20(23)17-7-5-15(24)10-19(17)29-21/h2-10H,11H2,1H3. The van der Waals surface area contributed by atoms with Gasteiger partial charge < -0.3 is 9.47 Å². The zero-order chi connectivity index (χ0) is 20.5. The maximum Gasteiger partial charge on any atom is 0.350 e. The van der Waals surface area contributed by atoms with Gasteiger partial charge in [-0.05, 0) is 47.2 Å². The molecule has 0 N–H and O–H groups in total. The van der Waals surface area contributed by atoms with Crippen molar-refractivity contribution in [2.45, 2.75) is 0 Å². The van der Waals surface area contributed by atoms with Gasteiger partial charge >= 0.3 is 5.97 Å². The number of thiophene rings is 1. The van der Waals surface area contributed by atoms with Crippen molar-refractivity contribution in [3.05, 3.63) is 75.9 Å². The molecule has 1 aromatic heterocycles. The molecule has 0 aliphatic carbocycles. The smallest absolute Gasteiger partial charge is 0.350 e. The number of methoxy groups -OCH3 is 1. The lowest BCUT2D eigenvalue weighted by Gasteiger charge is -2.06. The summed E-state index contributed by atoms with van der Waals surface area (Å²) >= 11 is 7.25. The van der Waals surface area contributed by atoms with E-state index in [1.807, 2.05) is 24.3 Å². The Labute approximate surface area is 174 Å². The lowest BCUT2D eigenvalue weighted by Crippen LogP contribution is -2.13. The molecule has 0 saturated carbocycles. The second kappa shape index (κ2) is 7.81. The molecule has 0 amide bonds. The zero-order valence-electron chi connectivity index (χ0n) is 15.2. The molecule has 0 unspecified atom stereocenters. The molecule has 7 heteroatoms. The third-order valence-corrected chi connectivity index (χ3v) is 6.12. The van der Waals surface area contributed by atoms with Gasteiger partial charge in [0.15, 0.2) is 12.4 Å². The van der Waals surface area contributed by atoms with E-state index < -0.39 is 18.4 Å². The topological polar surface area (TPSA) is 52.6 Å². The van der Waals surface area contributed by atoms with Crippen LogP contribution in [0.4, 0.5) is 4.39 Å². The van der Waals surface area contributed by atoms with Crippen LogP contribution in [0.1, 0.15) is 20.0 Å². The number of halogens is 2. The molecule has 0 spiro atoms. The molecule has 0 aliphatic rings. The monoisotopic (exact) mass is 428 g/mol. The van der Waals surface area contributed by atoms with E-state index in [0.29, 0.717) is 15.6 Å². The number of Topliss-reactive ketones (excluding diaryl/α,β-unsaturated/α-hetero) is 1. The van der Waals surface area contributed by atoms with Crippen molar-refractivity contribution >= 4 is 55.5 Å². The van der Waals surface area contributed by atoms with Gasteiger partial charge in [-0.3, -0.25) is 4.79 Å². The molecule has 0 saturated heterocycles. The van der Waals surface area contributed by atoms with Gasteiger partial charge in [-0.2, -0.15) is 0 Å². The first kappa shape index (κ1) is 19.4. The predicted molar refractivity (Wildman–Crippen MR) is 112 cm³/mol. The van der Waals surface area contributed by atoms with Crippen molar-refractivity contribution in [1.29, 1.82) is 0 Å². The minimum absolute atomic E-state index is 0.144. The summed E-state index contributed by atoms with van der Waals surface area (Å²) in [5.41, 5.74) is 0.431. The number of fused-ring (bicyclic) bond motifs is 2. The van der Waals surface area contributed by atoms with Crippen LogP contribution in [0.25, 0.3) is 20.9 Å². The number of esters is 1. The molecule has 0 fully saturated rings. The minimum atomic E-state index is -0.713. The Morgan fingerprint density at radius 3 is 2.59 bits per heavy atom. The van der Waals surface area contributed by atoms with Gasteiger partial charge in [0.05, 0.1) is 12.1 Å². The van der Waals surface area contributed by atoms with Gasteiger partial charge in [-0.15, -0.1) is 11.3 Å². The van der Waals surface area contributed by atoms with Crippen LogP contribution in [-0.4, -0.2) is 25.5 Å². The fraction of sp³-hybridized carbons (Fsp3) is 0.0909. The van der Waals surface area contributed by atoms with Crippen molar-refractivity contribution in [3.63, 3.8) is 0 Å². The largest absolute Gasteiger partial charge is 0.497 e. The van der Waals surface area contributed by atoms with Crippen LogP contribution >= 0.6 is 22.9 Å². The number of carbonyl (C=O) groups is 2. The number of ether oxygens (including phenoxy) is 2. The molecular formula is C22H14ClFO4S. The Bertz CT molecular complexity index is 1260. The molecule has 29 heavy (non-hydrogen) atoms. The number of ketones is 1. The van der Waals surface area contributed by atoms with E-state index in [-0.39, 0.29) is 15.7 Å². The molecule has 0 bridgehead atoms. The Morgan fingerprint density at radius 2 is 1.79 bits per heavy atom. The molecule has 4 nitrogen and oxygen atoms in total. The van der Waals surface area contributed by atoms with Crippen LogP contribution in [0.15, 0.2) is 54.6 Å². The van der Waals surface area contributed by atoms with Crippen molar-refractivity contribution in [2.24, 2.45) is 0 Å². The molecule has 4 rings (SSSR count). The van der Waals surface area contributed by atoms with Gasteiger partial charge in [0, 0.05) is 15.6 Å². The Hall–Kier alpha value is -2.96. The van der Waals surface area contributed by atoms with Crippen molar-refractivity contribution in [2.75, 3.05) is 13.7 Å². The Morgan fingerprint density at radius 1 is 1.03 bits per heavy atom. The van der Waals surface area contributed by atoms with E-state index in [2.05, 4.69) is 0 Å². The van der Waals surface area contributed by atoms with Crippen molar-refractivity contribution in [3.8, 4) is 5.75 Å². The fourth-order valence-electron chi connectivity index (χ4n) is 2.97. The number of hydrogen-bond acceptors (Lipinski definition) is 5. The second-order valence-corrected chi connectivity index (χ2v) is 7.74. The van der Waals surface area contributed by atoms with Crippen molar-refractivity contribution < 1.29 is 23.5 Å². The van der Waals surface area contributed by atoms with Crippen LogP contribution in [0.3, 0.4) is 0 Å². The van der Waals surface area contributed by atoms with Crippen LogP contribution in [0, 0.1) is 5.82 Å². The maximum absolute atomic E-state index is 13.4. The number of hydrogen-bond donors (Lipinski definition) is 0. The zero-order valence-corrected chi connectivity index (χ0v) is 16.8. The van der Waals surface area contributed by atoms with E-state index >= 15 is 0 Å². The van der Waals surface area contributed by atoms with Gasteiger partial charge in [0.1, 0.15) is 16.4 Å². The van der Waals surface area contributed by atoms with E-state index in [1.54, 1.807) is 19.2 Å².